The SMILES string of the molecule is C=C1CCC=C(C)CCC[C@H](C)[C@@H](O)[C@H]2OC(=O)C(=C)[C@@H]2C[C@H]1O. The predicted octanol–water partition coefficient (Wildman–Crippen LogP) is 3.30. The maximum Gasteiger partial charge on any atom is 0.334 e. The van der Waals surface area contributed by atoms with Crippen LogP contribution in [0.15, 0.2) is 36.0 Å². The lowest BCUT2D eigenvalue weighted by Crippen LogP contribution is -2.38. The van der Waals surface area contributed by atoms with Gasteiger partial charge in [0.2, 0.25) is 0 Å². The Labute approximate surface area is 144 Å². The number of carbonyl (C=O) groups is 1. The zero-order valence-electron chi connectivity index (χ0n) is 14.8. The Balaban J connectivity index is 2.22. The first-order chi connectivity index (χ1) is 11.3. The van der Waals surface area contributed by atoms with Crippen molar-refractivity contribution in [1.82, 2.24) is 0 Å². The van der Waals surface area contributed by atoms with Crippen molar-refractivity contribution in [3.8, 4) is 0 Å². The van der Waals surface area contributed by atoms with Crippen molar-refractivity contribution in [3.05, 3.63) is 36.0 Å². The van der Waals surface area contributed by atoms with E-state index < -0.39 is 24.3 Å². The summed E-state index contributed by atoms with van der Waals surface area (Å²) in [5, 5.41) is 21.1. The Bertz CT molecular complexity index is 534. The van der Waals surface area contributed by atoms with Gasteiger partial charge in [0.05, 0.1) is 12.2 Å². The first-order valence-electron chi connectivity index (χ1n) is 8.90. The van der Waals surface area contributed by atoms with Crippen LogP contribution in [0.1, 0.15) is 52.4 Å². The van der Waals surface area contributed by atoms with Crippen LogP contribution in [-0.2, 0) is 9.53 Å². The van der Waals surface area contributed by atoms with Gasteiger partial charge in [0.25, 0.3) is 0 Å². The van der Waals surface area contributed by atoms with Gasteiger partial charge in [-0.3, -0.25) is 0 Å². The number of esters is 1. The van der Waals surface area contributed by atoms with Gasteiger partial charge in [-0.15, -0.1) is 0 Å². The number of carbonyl (C=O) groups excluding carboxylic acids is 1. The lowest BCUT2D eigenvalue weighted by molar-refractivity contribution is -0.146. The molecule has 0 aromatic rings. The molecule has 24 heavy (non-hydrogen) atoms. The molecule has 1 saturated heterocycles. The second-order valence-electron chi connectivity index (χ2n) is 7.36. The molecular weight excluding hydrogens is 304 g/mol. The summed E-state index contributed by atoms with van der Waals surface area (Å²) in [4.78, 5) is 11.9. The molecule has 1 heterocycles. The molecule has 0 radical (unpaired) electrons. The fourth-order valence-electron chi connectivity index (χ4n) is 3.59. The van der Waals surface area contributed by atoms with Gasteiger partial charge in [-0.25, -0.2) is 4.79 Å². The molecule has 0 bridgehead atoms. The van der Waals surface area contributed by atoms with E-state index in [-0.39, 0.29) is 11.8 Å². The fourth-order valence-corrected chi connectivity index (χ4v) is 3.59. The smallest absolute Gasteiger partial charge is 0.334 e. The van der Waals surface area contributed by atoms with E-state index in [9.17, 15) is 15.0 Å². The van der Waals surface area contributed by atoms with Gasteiger partial charge in [0, 0.05) is 11.5 Å². The third kappa shape index (κ3) is 4.37. The lowest BCUT2D eigenvalue weighted by Gasteiger charge is -2.29. The number of allylic oxidation sites excluding steroid dienone is 2. The first-order valence-corrected chi connectivity index (χ1v) is 8.90. The molecule has 134 valence electrons. The fraction of sp³-hybridized carbons (Fsp3) is 0.650. The Morgan fingerprint density at radius 3 is 2.67 bits per heavy atom. The molecule has 2 aliphatic rings. The molecule has 0 spiro atoms. The second kappa shape index (κ2) is 8.13. The third-order valence-electron chi connectivity index (χ3n) is 5.41. The molecule has 1 aliphatic heterocycles. The van der Waals surface area contributed by atoms with Crippen LogP contribution in [0, 0.1) is 11.8 Å². The summed E-state index contributed by atoms with van der Waals surface area (Å²) in [6.07, 6.45) is 4.88. The molecule has 0 saturated carbocycles. The average molecular weight is 334 g/mol. The van der Waals surface area contributed by atoms with Crippen LogP contribution in [0.25, 0.3) is 0 Å². The summed E-state index contributed by atoms with van der Waals surface area (Å²) in [5.74, 6) is -0.801. The van der Waals surface area contributed by atoms with Crippen molar-refractivity contribution in [2.24, 2.45) is 11.8 Å². The molecule has 2 rings (SSSR count). The van der Waals surface area contributed by atoms with Crippen LogP contribution in [0.4, 0.5) is 0 Å². The van der Waals surface area contributed by atoms with Crippen LogP contribution in [-0.4, -0.2) is 34.5 Å². The Morgan fingerprint density at radius 2 is 1.96 bits per heavy atom. The van der Waals surface area contributed by atoms with Crippen LogP contribution < -0.4 is 0 Å². The topological polar surface area (TPSA) is 66.8 Å². The highest BCUT2D eigenvalue weighted by Crippen LogP contribution is 2.36. The minimum Gasteiger partial charge on any atom is -0.456 e. The van der Waals surface area contributed by atoms with E-state index in [0.29, 0.717) is 12.0 Å². The minimum atomic E-state index is -0.745. The summed E-state index contributed by atoms with van der Waals surface area (Å²) in [6, 6.07) is 0. The van der Waals surface area contributed by atoms with E-state index in [2.05, 4.69) is 26.2 Å². The summed E-state index contributed by atoms with van der Waals surface area (Å²) < 4.78 is 5.38. The van der Waals surface area contributed by atoms with Gasteiger partial charge in [-0.2, -0.15) is 0 Å². The highest BCUT2D eigenvalue weighted by Gasteiger charge is 2.44. The van der Waals surface area contributed by atoms with Crippen molar-refractivity contribution < 1.29 is 19.7 Å². The quantitative estimate of drug-likeness (QED) is 0.405. The zero-order chi connectivity index (χ0) is 17.9. The van der Waals surface area contributed by atoms with Gasteiger partial charge in [-0.1, -0.05) is 31.7 Å². The summed E-state index contributed by atoms with van der Waals surface area (Å²) in [5.41, 5.74) is 2.43. The molecule has 0 aromatic heterocycles. The van der Waals surface area contributed by atoms with Crippen LogP contribution in [0.3, 0.4) is 0 Å². The average Bonchev–Trinajstić information content (AvgIpc) is 2.81. The van der Waals surface area contributed by atoms with Crippen molar-refractivity contribution in [2.75, 3.05) is 0 Å². The van der Waals surface area contributed by atoms with E-state index in [1.165, 1.54) is 5.57 Å². The van der Waals surface area contributed by atoms with Crippen molar-refractivity contribution in [2.45, 2.75) is 70.7 Å². The van der Waals surface area contributed by atoms with Gasteiger partial charge >= 0.3 is 5.97 Å². The number of rotatable bonds is 0. The molecule has 0 aromatic carbocycles. The van der Waals surface area contributed by atoms with Gasteiger partial charge in [-0.05, 0) is 56.9 Å². The first kappa shape index (κ1) is 18.9. The van der Waals surface area contributed by atoms with Gasteiger partial charge < -0.3 is 14.9 Å². The molecular formula is C20H30O4. The summed E-state index contributed by atoms with van der Waals surface area (Å²) in [6.45, 7) is 11.9. The Hall–Kier alpha value is -1.39. The number of fused-ring (bicyclic) bond motifs is 1. The normalized spacial score (nSPS) is 36.6. The number of ether oxygens (including phenoxy) is 1. The Morgan fingerprint density at radius 1 is 1.25 bits per heavy atom. The summed E-state index contributed by atoms with van der Waals surface area (Å²) >= 11 is 0. The molecule has 1 fully saturated rings. The standard InChI is InChI=1S/C20H30O4/c1-12-7-5-9-13(2)17(21)11-16-15(4)20(23)24-19(16)18(22)14(3)10-6-8-12/h7,14,16-19,21-22H,2,4-6,8-11H2,1,3H3/t14-,16-,17+,18+,19-/m0/s1. The van der Waals surface area contributed by atoms with Gasteiger partial charge in [0.1, 0.15) is 6.10 Å². The van der Waals surface area contributed by atoms with Crippen molar-refractivity contribution in [1.29, 1.82) is 0 Å². The number of hydrogen-bond acceptors (Lipinski definition) is 4. The highest BCUT2D eigenvalue weighted by molar-refractivity contribution is 5.90. The van der Waals surface area contributed by atoms with Crippen LogP contribution in [0.2, 0.25) is 0 Å². The van der Waals surface area contributed by atoms with E-state index in [0.717, 1.165) is 37.7 Å². The van der Waals surface area contributed by atoms with Gasteiger partial charge in [0.15, 0.2) is 0 Å². The molecule has 5 atom stereocenters. The number of hydrogen-bond donors (Lipinski definition) is 2. The van der Waals surface area contributed by atoms with Crippen molar-refractivity contribution in [3.63, 3.8) is 0 Å². The van der Waals surface area contributed by atoms with E-state index in [1.54, 1.807) is 0 Å². The predicted molar refractivity (Wildman–Crippen MR) is 94.3 cm³/mol. The van der Waals surface area contributed by atoms with E-state index in [1.807, 2.05) is 6.92 Å². The maximum atomic E-state index is 11.9. The minimum absolute atomic E-state index is 0.0206. The van der Waals surface area contributed by atoms with Crippen LogP contribution >= 0.6 is 0 Å². The zero-order valence-corrected chi connectivity index (χ0v) is 14.8. The maximum absolute atomic E-state index is 11.9. The third-order valence-corrected chi connectivity index (χ3v) is 5.41. The molecule has 0 amide bonds. The highest BCUT2D eigenvalue weighted by atomic mass is 16.6. The molecule has 4 heteroatoms. The molecule has 4 nitrogen and oxygen atoms in total. The molecule has 2 N–H and O–H groups in total. The molecule has 1 aliphatic carbocycles. The van der Waals surface area contributed by atoms with Crippen molar-refractivity contribution >= 4 is 5.97 Å². The van der Waals surface area contributed by atoms with E-state index >= 15 is 0 Å². The summed E-state index contributed by atoms with van der Waals surface area (Å²) in [7, 11) is 0. The Kier molecular flexibility index (Phi) is 6.41. The largest absolute Gasteiger partial charge is 0.456 e. The van der Waals surface area contributed by atoms with E-state index in [4.69, 9.17) is 4.74 Å². The second-order valence-corrected chi connectivity index (χ2v) is 7.36. The lowest BCUT2D eigenvalue weighted by atomic mass is 9.82. The molecule has 0 unspecified atom stereocenters. The monoisotopic (exact) mass is 334 g/mol. The van der Waals surface area contributed by atoms with Crippen LogP contribution in [0.5, 0.6) is 0 Å². The number of aliphatic hydroxyl groups is 2. The number of aliphatic hydroxyl groups excluding tert-OH is 2.